The monoisotopic (exact) mass is 246 g/mol. The fourth-order valence-corrected chi connectivity index (χ4v) is 1.78. The second-order valence-corrected chi connectivity index (χ2v) is 4.38. The van der Waals surface area contributed by atoms with Gasteiger partial charge in [0.2, 0.25) is 0 Å². The number of hydrogen-bond donors (Lipinski definition) is 2. The molecule has 88 valence electrons. The lowest BCUT2D eigenvalue weighted by atomic mass is 10.1. The molecule has 0 saturated heterocycles. The number of nitrogens with one attached hydrogen (secondary N) is 1. The molecule has 0 aliphatic rings. The van der Waals surface area contributed by atoms with Crippen molar-refractivity contribution in [3.63, 3.8) is 0 Å². The largest absolute Gasteiger partial charge is 0.389 e. The summed E-state index contributed by atoms with van der Waals surface area (Å²) >= 11 is 5.05. The van der Waals surface area contributed by atoms with E-state index in [1.165, 1.54) is 0 Å². The lowest BCUT2D eigenvalue weighted by Crippen LogP contribution is -2.12. The molecule has 1 heterocycles. The van der Waals surface area contributed by atoms with E-state index in [1.54, 1.807) is 10.9 Å². The van der Waals surface area contributed by atoms with E-state index in [0.29, 0.717) is 4.99 Å². The first-order chi connectivity index (χ1) is 8.06. The zero-order valence-electron chi connectivity index (χ0n) is 9.77. The summed E-state index contributed by atoms with van der Waals surface area (Å²) in [5, 5.41) is 7.35. The number of hydrogen-bond acceptors (Lipinski definition) is 3. The normalized spacial score (nSPS) is 10.2. The first kappa shape index (κ1) is 11.6. The molecule has 0 bridgehead atoms. The molecule has 0 aliphatic heterocycles. The number of anilines is 2. The minimum atomic E-state index is 0.389. The summed E-state index contributed by atoms with van der Waals surface area (Å²) in [6, 6.07) is 5.96. The Morgan fingerprint density at radius 1 is 1.47 bits per heavy atom. The summed E-state index contributed by atoms with van der Waals surface area (Å²) in [4.78, 5) is 0.389. The van der Waals surface area contributed by atoms with Crippen LogP contribution in [0.3, 0.4) is 0 Å². The van der Waals surface area contributed by atoms with Crippen LogP contribution in [-0.2, 0) is 7.05 Å². The average molecular weight is 246 g/mol. The van der Waals surface area contributed by atoms with Gasteiger partial charge in [0.25, 0.3) is 0 Å². The molecular formula is C12H14N4S. The maximum absolute atomic E-state index is 5.71. The van der Waals surface area contributed by atoms with Gasteiger partial charge in [0, 0.05) is 24.5 Å². The van der Waals surface area contributed by atoms with Gasteiger partial charge < -0.3 is 11.1 Å². The molecule has 0 unspecified atom stereocenters. The lowest BCUT2D eigenvalue weighted by molar-refractivity contribution is 0.768. The van der Waals surface area contributed by atoms with Crippen molar-refractivity contribution in [1.29, 1.82) is 0 Å². The molecule has 2 aromatic rings. The Morgan fingerprint density at radius 3 is 2.82 bits per heavy atom. The van der Waals surface area contributed by atoms with Gasteiger partial charge in [-0.1, -0.05) is 23.8 Å². The maximum atomic E-state index is 5.71. The SMILES string of the molecule is Cc1ccc(Nc2cnn(C)c2)c(C(N)=S)c1. The summed E-state index contributed by atoms with van der Waals surface area (Å²) in [7, 11) is 1.87. The summed E-state index contributed by atoms with van der Waals surface area (Å²) in [6.45, 7) is 2.01. The van der Waals surface area contributed by atoms with Crippen LogP contribution < -0.4 is 11.1 Å². The number of aryl methyl sites for hydroxylation is 2. The van der Waals surface area contributed by atoms with Crippen LogP contribution in [-0.4, -0.2) is 14.8 Å². The number of aromatic nitrogens is 2. The van der Waals surface area contributed by atoms with Crippen LogP contribution >= 0.6 is 12.2 Å². The number of nitrogens with two attached hydrogens (primary N) is 1. The number of benzene rings is 1. The van der Waals surface area contributed by atoms with Crippen LogP contribution in [0, 0.1) is 6.92 Å². The quantitative estimate of drug-likeness (QED) is 0.814. The van der Waals surface area contributed by atoms with Crippen LogP contribution in [0.1, 0.15) is 11.1 Å². The minimum absolute atomic E-state index is 0.389. The van der Waals surface area contributed by atoms with Crippen molar-refractivity contribution in [2.75, 3.05) is 5.32 Å². The summed E-state index contributed by atoms with van der Waals surface area (Å²) in [5.41, 5.74) is 9.50. The highest BCUT2D eigenvalue weighted by atomic mass is 32.1. The van der Waals surface area contributed by atoms with Crippen LogP contribution in [0.5, 0.6) is 0 Å². The Hall–Kier alpha value is -1.88. The second kappa shape index (κ2) is 4.55. The summed E-state index contributed by atoms with van der Waals surface area (Å²) in [5.74, 6) is 0. The molecule has 3 N–H and O–H groups in total. The van der Waals surface area contributed by atoms with Gasteiger partial charge in [-0.05, 0) is 19.1 Å². The highest BCUT2D eigenvalue weighted by Crippen LogP contribution is 2.21. The van der Waals surface area contributed by atoms with E-state index in [4.69, 9.17) is 18.0 Å². The Morgan fingerprint density at radius 2 is 2.24 bits per heavy atom. The number of rotatable bonds is 3. The van der Waals surface area contributed by atoms with Crippen molar-refractivity contribution < 1.29 is 0 Å². The lowest BCUT2D eigenvalue weighted by Gasteiger charge is -2.10. The predicted molar refractivity (Wildman–Crippen MR) is 73.6 cm³/mol. The molecular weight excluding hydrogens is 232 g/mol. The minimum Gasteiger partial charge on any atom is -0.389 e. The molecule has 5 heteroatoms. The highest BCUT2D eigenvalue weighted by molar-refractivity contribution is 7.80. The molecule has 1 aromatic heterocycles. The molecule has 0 atom stereocenters. The van der Waals surface area contributed by atoms with Gasteiger partial charge in [0.1, 0.15) is 4.99 Å². The topological polar surface area (TPSA) is 55.9 Å². The van der Waals surface area contributed by atoms with E-state index < -0.39 is 0 Å². The van der Waals surface area contributed by atoms with Gasteiger partial charge in [-0.25, -0.2) is 0 Å². The van der Waals surface area contributed by atoms with Crippen LogP contribution in [0.15, 0.2) is 30.6 Å². The molecule has 0 amide bonds. The molecule has 4 nitrogen and oxygen atoms in total. The van der Waals surface area contributed by atoms with E-state index in [2.05, 4.69) is 10.4 Å². The highest BCUT2D eigenvalue weighted by Gasteiger charge is 2.06. The number of thiocarbonyl (C=S) groups is 1. The van der Waals surface area contributed by atoms with Crippen molar-refractivity contribution in [2.45, 2.75) is 6.92 Å². The van der Waals surface area contributed by atoms with Crippen molar-refractivity contribution >= 4 is 28.6 Å². The molecule has 1 aromatic carbocycles. The van der Waals surface area contributed by atoms with Crippen molar-refractivity contribution in [3.8, 4) is 0 Å². The van der Waals surface area contributed by atoms with Crippen molar-refractivity contribution in [3.05, 3.63) is 41.7 Å². The Balaban J connectivity index is 2.35. The maximum Gasteiger partial charge on any atom is 0.106 e. The molecule has 0 saturated carbocycles. The second-order valence-electron chi connectivity index (χ2n) is 3.94. The zero-order chi connectivity index (χ0) is 12.4. The Bertz CT molecular complexity index is 559. The molecule has 0 fully saturated rings. The summed E-state index contributed by atoms with van der Waals surface area (Å²) < 4.78 is 1.73. The van der Waals surface area contributed by atoms with Crippen LogP contribution in [0.4, 0.5) is 11.4 Å². The Kier molecular flexibility index (Phi) is 3.10. The van der Waals surface area contributed by atoms with Gasteiger partial charge in [-0.3, -0.25) is 4.68 Å². The molecule has 17 heavy (non-hydrogen) atoms. The summed E-state index contributed by atoms with van der Waals surface area (Å²) in [6.07, 6.45) is 3.65. The fraction of sp³-hybridized carbons (Fsp3) is 0.167. The zero-order valence-corrected chi connectivity index (χ0v) is 10.6. The van der Waals surface area contributed by atoms with Gasteiger partial charge >= 0.3 is 0 Å². The third-order valence-corrected chi connectivity index (χ3v) is 2.64. The van der Waals surface area contributed by atoms with Gasteiger partial charge in [-0.2, -0.15) is 5.10 Å². The van der Waals surface area contributed by atoms with Crippen LogP contribution in [0.25, 0.3) is 0 Å². The predicted octanol–water partition coefficient (Wildman–Crippen LogP) is 2.11. The van der Waals surface area contributed by atoms with Crippen molar-refractivity contribution in [1.82, 2.24) is 9.78 Å². The van der Waals surface area contributed by atoms with Crippen LogP contribution in [0.2, 0.25) is 0 Å². The van der Waals surface area contributed by atoms with Gasteiger partial charge in [-0.15, -0.1) is 0 Å². The first-order valence-corrected chi connectivity index (χ1v) is 5.63. The molecule has 2 rings (SSSR count). The van der Waals surface area contributed by atoms with Crippen molar-refractivity contribution in [2.24, 2.45) is 12.8 Å². The first-order valence-electron chi connectivity index (χ1n) is 5.22. The van der Waals surface area contributed by atoms with E-state index in [9.17, 15) is 0 Å². The van der Waals surface area contributed by atoms with E-state index in [1.807, 2.05) is 38.4 Å². The van der Waals surface area contributed by atoms with Gasteiger partial charge in [0.15, 0.2) is 0 Å². The smallest absolute Gasteiger partial charge is 0.106 e. The Labute approximate surface area is 105 Å². The standard InChI is InChI=1S/C12H14N4S/c1-8-3-4-11(10(5-8)12(13)17)15-9-6-14-16(2)7-9/h3-7,15H,1-2H3,(H2,13,17). The molecule has 0 spiro atoms. The number of nitrogens with zero attached hydrogens (tertiary/aromatic N) is 2. The average Bonchev–Trinajstić information content (AvgIpc) is 2.66. The van der Waals surface area contributed by atoms with E-state index >= 15 is 0 Å². The third kappa shape index (κ3) is 2.62. The van der Waals surface area contributed by atoms with Gasteiger partial charge in [0.05, 0.1) is 11.9 Å². The third-order valence-electron chi connectivity index (χ3n) is 2.42. The van der Waals surface area contributed by atoms with E-state index in [0.717, 1.165) is 22.5 Å². The molecule has 0 aliphatic carbocycles. The van der Waals surface area contributed by atoms with E-state index in [-0.39, 0.29) is 0 Å². The fourth-order valence-electron chi connectivity index (χ4n) is 1.61. The molecule has 0 radical (unpaired) electrons.